The average Bonchev–Trinajstić information content (AvgIpc) is 2.80. The van der Waals surface area contributed by atoms with Gasteiger partial charge in [0, 0.05) is 49.0 Å². The van der Waals surface area contributed by atoms with Gasteiger partial charge in [-0.2, -0.15) is 6.42 Å². The number of aryl methyl sites for hydroxylation is 2. The molecule has 0 bridgehead atoms. The number of rotatable bonds is 7. The first-order chi connectivity index (χ1) is 11.4. The fourth-order valence-electron chi connectivity index (χ4n) is 3.36. The second-order valence-corrected chi connectivity index (χ2v) is 7.62. The van der Waals surface area contributed by atoms with Crippen LogP contribution in [-0.4, -0.2) is 23.2 Å². The average molecular weight is 459 g/mol. The molecule has 5 heteroatoms. The molecule has 0 unspecified atom stereocenters. The number of aliphatic hydroxyl groups excluding tert-OH is 1. The fraction of sp³-hybridized carbons (Fsp3) is 0.550. The van der Waals surface area contributed by atoms with Gasteiger partial charge >= 0.3 is 0 Å². The van der Waals surface area contributed by atoms with Crippen LogP contribution in [0.15, 0.2) is 24.3 Å². The Morgan fingerprint density at radius 1 is 1.24 bits per heavy atom. The summed E-state index contributed by atoms with van der Waals surface area (Å²) in [6.07, 6.45) is 7.27. The smallest absolute Gasteiger partial charge is 0.119 e. The first-order valence-corrected chi connectivity index (χ1v) is 9.41. The Morgan fingerprint density at radius 3 is 2.48 bits per heavy atom. The molecule has 1 aliphatic rings. The zero-order chi connectivity index (χ0) is 17.7. The molecule has 25 heavy (non-hydrogen) atoms. The minimum Gasteiger partial charge on any atom is -0.493 e. The summed E-state index contributed by atoms with van der Waals surface area (Å²) >= 11 is 12.7. The molecule has 1 aromatic rings. The second-order valence-electron chi connectivity index (χ2n) is 6.68. The number of halogens is 2. The molecule has 1 aliphatic carbocycles. The molecule has 0 saturated heterocycles. The van der Waals surface area contributed by atoms with E-state index in [4.69, 9.17) is 27.9 Å². The van der Waals surface area contributed by atoms with Crippen molar-refractivity contribution in [2.24, 2.45) is 11.8 Å². The van der Waals surface area contributed by atoms with Gasteiger partial charge in [-0.25, -0.2) is 0 Å². The van der Waals surface area contributed by atoms with Crippen molar-refractivity contribution in [1.82, 2.24) is 0 Å². The maximum absolute atomic E-state index is 10.3. The molecular formula is C20H27Cl2O2Y-. The minimum absolute atomic E-state index is 0. The van der Waals surface area contributed by atoms with Crippen molar-refractivity contribution in [3.63, 3.8) is 0 Å². The second kappa shape index (κ2) is 11.3. The number of ether oxygens (including phenoxy) is 1. The SMILES string of the molecule is [CH2-]CC/C=C\C[C@@H]1[C@@H](COc2cc(C)c(Cl)c(C)c2)[C@H](O)C[C@H]1Cl.[Y]. The predicted molar refractivity (Wildman–Crippen MR) is 102 cm³/mol. The van der Waals surface area contributed by atoms with E-state index in [0.717, 1.165) is 41.2 Å². The Hall–Kier alpha value is 0.404. The molecule has 137 valence electrons. The van der Waals surface area contributed by atoms with Crippen molar-refractivity contribution in [2.75, 3.05) is 6.61 Å². The first kappa shape index (κ1) is 23.4. The quantitative estimate of drug-likeness (QED) is 0.332. The number of aliphatic hydroxyl groups is 1. The summed E-state index contributed by atoms with van der Waals surface area (Å²) in [4.78, 5) is 0. The Bertz CT molecular complexity index is 554. The molecule has 0 spiro atoms. The maximum Gasteiger partial charge on any atom is 0.119 e. The van der Waals surface area contributed by atoms with E-state index in [1.165, 1.54) is 0 Å². The monoisotopic (exact) mass is 458 g/mol. The number of allylic oxidation sites excluding steroid dienone is 2. The Labute approximate surface area is 187 Å². The van der Waals surface area contributed by atoms with E-state index < -0.39 is 6.10 Å². The van der Waals surface area contributed by atoms with Crippen molar-refractivity contribution in [1.29, 1.82) is 0 Å². The van der Waals surface area contributed by atoms with Crippen molar-refractivity contribution in [2.45, 2.75) is 51.0 Å². The summed E-state index contributed by atoms with van der Waals surface area (Å²) in [7, 11) is 0. The van der Waals surface area contributed by atoms with Crippen LogP contribution in [0, 0.1) is 32.6 Å². The number of unbranched alkanes of at least 4 members (excludes halogenated alkanes) is 1. The van der Waals surface area contributed by atoms with Crippen LogP contribution >= 0.6 is 23.2 Å². The first-order valence-electron chi connectivity index (χ1n) is 8.60. The number of benzene rings is 1. The van der Waals surface area contributed by atoms with Gasteiger partial charge in [-0.1, -0.05) is 30.2 Å². The summed E-state index contributed by atoms with van der Waals surface area (Å²) in [5, 5.41) is 11.1. The molecule has 0 aliphatic heterocycles. The van der Waals surface area contributed by atoms with Crippen LogP contribution in [0.4, 0.5) is 0 Å². The normalized spacial score (nSPS) is 26.0. The molecular weight excluding hydrogens is 432 g/mol. The molecule has 1 fully saturated rings. The van der Waals surface area contributed by atoms with E-state index in [1.54, 1.807) is 0 Å². The van der Waals surface area contributed by atoms with Crippen molar-refractivity contribution in [3.05, 3.63) is 47.4 Å². The molecule has 1 aromatic carbocycles. The predicted octanol–water partition coefficient (Wildman–Crippen LogP) is 5.50. The van der Waals surface area contributed by atoms with E-state index in [1.807, 2.05) is 26.0 Å². The largest absolute Gasteiger partial charge is 0.493 e. The molecule has 0 amide bonds. The number of hydrogen-bond donors (Lipinski definition) is 1. The van der Waals surface area contributed by atoms with Crippen molar-refractivity contribution >= 4 is 23.2 Å². The molecule has 1 saturated carbocycles. The summed E-state index contributed by atoms with van der Waals surface area (Å²) in [6, 6.07) is 3.88. The molecule has 1 radical (unpaired) electrons. The topological polar surface area (TPSA) is 29.5 Å². The van der Waals surface area contributed by atoms with Gasteiger partial charge in [-0.3, -0.25) is 0 Å². The van der Waals surface area contributed by atoms with Crippen LogP contribution in [0.3, 0.4) is 0 Å². The van der Waals surface area contributed by atoms with Gasteiger partial charge in [-0.05, 0) is 55.9 Å². The van der Waals surface area contributed by atoms with Gasteiger partial charge in [0.2, 0.25) is 0 Å². The van der Waals surface area contributed by atoms with Crippen LogP contribution in [0.1, 0.15) is 36.8 Å². The molecule has 4 atom stereocenters. The minimum atomic E-state index is -0.409. The molecule has 0 heterocycles. The zero-order valence-electron chi connectivity index (χ0n) is 15.1. The van der Waals surface area contributed by atoms with Crippen molar-refractivity contribution in [3.8, 4) is 5.75 Å². The number of hydrogen-bond acceptors (Lipinski definition) is 2. The zero-order valence-corrected chi connectivity index (χ0v) is 19.4. The van der Waals surface area contributed by atoms with Gasteiger partial charge in [0.15, 0.2) is 0 Å². The Balaban J connectivity index is 0.00000312. The molecule has 1 N–H and O–H groups in total. The van der Waals surface area contributed by atoms with Crippen LogP contribution < -0.4 is 4.74 Å². The number of alkyl halides is 1. The molecule has 0 aromatic heterocycles. The van der Waals surface area contributed by atoms with Crippen molar-refractivity contribution < 1.29 is 42.6 Å². The summed E-state index contributed by atoms with van der Waals surface area (Å²) in [5.41, 5.74) is 2.00. The van der Waals surface area contributed by atoms with Crippen LogP contribution in [0.25, 0.3) is 0 Å². The Morgan fingerprint density at radius 2 is 1.88 bits per heavy atom. The standard InChI is InChI=1S/C20H27Cl2O2.Y/c1-4-5-6-7-8-16-17(19(23)11-18(16)21)12-24-15-9-13(2)20(22)14(3)10-15;/h6-7,9-10,16-19,23H,1,4-5,8,11-12H2,2-3H3;/q-1;/b7-6-;/t16-,17-,18-,19-;/m1./s1. The van der Waals surface area contributed by atoms with Crippen LogP contribution in [-0.2, 0) is 32.7 Å². The van der Waals surface area contributed by atoms with E-state index in [2.05, 4.69) is 19.1 Å². The maximum atomic E-state index is 10.3. The van der Waals surface area contributed by atoms with Gasteiger partial charge in [0.05, 0.1) is 12.7 Å². The third-order valence-electron chi connectivity index (χ3n) is 4.77. The summed E-state index contributed by atoms with van der Waals surface area (Å²) < 4.78 is 5.97. The van der Waals surface area contributed by atoms with Gasteiger partial charge < -0.3 is 16.8 Å². The summed E-state index contributed by atoms with van der Waals surface area (Å²) in [6.45, 7) is 8.24. The molecule has 2 nitrogen and oxygen atoms in total. The van der Waals surface area contributed by atoms with E-state index >= 15 is 0 Å². The van der Waals surface area contributed by atoms with Crippen LogP contribution in [0.2, 0.25) is 5.02 Å². The summed E-state index contributed by atoms with van der Waals surface area (Å²) in [5.74, 6) is 1.08. The fourth-order valence-corrected chi connectivity index (χ4v) is 3.94. The van der Waals surface area contributed by atoms with E-state index in [9.17, 15) is 5.11 Å². The third-order valence-corrected chi connectivity index (χ3v) is 5.87. The van der Waals surface area contributed by atoms with E-state index in [0.29, 0.717) is 13.0 Å². The molecule has 2 rings (SSSR count). The van der Waals surface area contributed by atoms with Crippen LogP contribution in [0.5, 0.6) is 5.75 Å². The Kier molecular flexibility index (Phi) is 10.6. The van der Waals surface area contributed by atoms with Gasteiger partial charge in [0.25, 0.3) is 0 Å². The van der Waals surface area contributed by atoms with Gasteiger partial charge in [-0.15, -0.1) is 11.6 Å². The van der Waals surface area contributed by atoms with E-state index in [-0.39, 0.29) is 49.9 Å². The third kappa shape index (κ3) is 6.50. The van der Waals surface area contributed by atoms with Gasteiger partial charge in [0.1, 0.15) is 5.75 Å².